The van der Waals surface area contributed by atoms with Gasteiger partial charge in [0.1, 0.15) is 17.5 Å². The number of aromatic nitrogens is 4. The minimum atomic E-state index is -0.311. The van der Waals surface area contributed by atoms with Crippen LogP contribution >= 0.6 is 0 Å². The Morgan fingerprint density at radius 3 is 1.88 bits per heavy atom. The molecule has 0 bridgehead atoms. The van der Waals surface area contributed by atoms with Crippen LogP contribution < -0.4 is 4.90 Å². The van der Waals surface area contributed by atoms with Crippen molar-refractivity contribution in [2.24, 2.45) is 0 Å². The van der Waals surface area contributed by atoms with Gasteiger partial charge >= 0.3 is 0 Å². The molecule has 1 aliphatic heterocycles. The van der Waals surface area contributed by atoms with Crippen LogP contribution in [0.4, 0.5) is 18.9 Å². The molecule has 1 fully saturated rings. The summed E-state index contributed by atoms with van der Waals surface area (Å²) in [5.41, 5.74) is 2.72. The molecular weight excluding hydrogens is 441 g/mol. The van der Waals surface area contributed by atoms with Crippen LogP contribution in [0.2, 0.25) is 0 Å². The third-order valence-corrected chi connectivity index (χ3v) is 6.11. The van der Waals surface area contributed by atoms with E-state index in [0.29, 0.717) is 25.5 Å². The normalized spacial score (nSPS) is 15.4. The lowest BCUT2D eigenvalue weighted by molar-refractivity contribution is 0.201. The summed E-state index contributed by atoms with van der Waals surface area (Å²) in [4.78, 5) is 4.47. The summed E-state index contributed by atoms with van der Waals surface area (Å²) in [5.74, 6) is -0.239. The molecule has 0 N–H and O–H groups in total. The van der Waals surface area contributed by atoms with Gasteiger partial charge in [0, 0.05) is 31.9 Å². The lowest BCUT2D eigenvalue weighted by Gasteiger charge is -2.40. The fourth-order valence-corrected chi connectivity index (χ4v) is 4.34. The maximum atomic E-state index is 13.7. The summed E-state index contributed by atoms with van der Waals surface area (Å²) in [6, 6.07) is 18.8. The molecule has 0 saturated carbocycles. The Hall–Kier alpha value is -3.72. The molecule has 0 radical (unpaired) electrons. The number of piperazine rings is 1. The summed E-state index contributed by atoms with van der Waals surface area (Å²) in [6.45, 7) is 3.28. The maximum Gasteiger partial charge on any atom is 0.173 e. The van der Waals surface area contributed by atoms with E-state index in [1.54, 1.807) is 41.1 Å². The highest BCUT2D eigenvalue weighted by molar-refractivity contribution is 5.46. The molecule has 4 aromatic rings. The smallest absolute Gasteiger partial charge is 0.173 e. The van der Waals surface area contributed by atoms with Gasteiger partial charge in [-0.3, -0.25) is 4.90 Å². The molecule has 6 nitrogen and oxygen atoms in total. The summed E-state index contributed by atoms with van der Waals surface area (Å²) in [6.07, 6.45) is 0. The Balaban J connectivity index is 1.41. The molecule has 5 rings (SSSR count). The van der Waals surface area contributed by atoms with E-state index in [1.165, 1.54) is 36.4 Å². The van der Waals surface area contributed by atoms with Crippen molar-refractivity contribution < 1.29 is 13.2 Å². The van der Waals surface area contributed by atoms with Crippen LogP contribution in [-0.2, 0) is 6.54 Å². The third kappa shape index (κ3) is 4.79. The molecule has 3 aromatic carbocycles. The lowest BCUT2D eigenvalue weighted by Crippen LogP contribution is -2.48. The molecule has 0 aliphatic carbocycles. The number of hydrogen-bond acceptors (Lipinski definition) is 5. The van der Waals surface area contributed by atoms with Crippen molar-refractivity contribution in [3.63, 3.8) is 0 Å². The zero-order chi connectivity index (χ0) is 23.5. The van der Waals surface area contributed by atoms with E-state index >= 15 is 0 Å². The summed E-state index contributed by atoms with van der Waals surface area (Å²) in [5, 5.41) is 12.4. The standard InChI is InChI=1S/C25H23F3N6/c26-20-5-1-18(2-6-20)17-34-25(29-30-31-34)24(19-3-7-21(27)8-4-19)33-15-13-32(14-16-33)23-11-9-22(28)10-12-23/h1-12,24H,13-17H2. The van der Waals surface area contributed by atoms with Crippen molar-refractivity contribution in [3.8, 4) is 0 Å². The van der Waals surface area contributed by atoms with Crippen LogP contribution in [0.3, 0.4) is 0 Å². The van der Waals surface area contributed by atoms with Gasteiger partial charge in [-0.05, 0) is 70.1 Å². The molecule has 2 heterocycles. The lowest BCUT2D eigenvalue weighted by atomic mass is 10.0. The SMILES string of the molecule is Fc1ccc(Cn2nnnc2C(c2ccc(F)cc2)N2CCN(c3ccc(F)cc3)CC2)cc1. The first-order valence-corrected chi connectivity index (χ1v) is 11.1. The maximum absolute atomic E-state index is 13.7. The van der Waals surface area contributed by atoms with Gasteiger partial charge < -0.3 is 4.90 Å². The topological polar surface area (TPSA) is 50.1 Å². The van der Waals surface area contributed by atoms with Crippen LogP contribution in [0.15, 0.2) is 72.8 Å². The van der Waals surface area contributed by atoms with Crippen LogP contribution in [0, 0.1) is 17.5 Å². The average molecular weight is 464 g/mol. The molecule has 34 heavy (non-hydrogen) atoms. The van der Waals surface area contributed by atoms with Crippen LogP contribution in [0.5, 0.6) is 0 Å². The van der Waals surface area contributed by atoms with Gasteiger partial charge in [0.15, 0.2) is 5.82 Å². The van der Waals surface area contributed by atoms with Crippen molar-refractivity contribution >= 4 is 5.69 Å². The first kappa shape index (κ1) is 22.1. The summed E-state index contributed by atoms with van der Waals surface area (Å²) < 4.78 is 42.0. The van der Waals surface area contributed by atoms with Crippen molar-refractivity contribution in [1.29, 1.82) is 0 Å². The van der Waals surface area contributed by atoms with Gasteiger partial charge in [-0.1, -0.05) is 24.3 Å². The molecule has 1 unspecified atom stereocenters. The van der Waals surface area contributed by atoms with Crippen LogP contribution in [-0.4, -0.2) is 51.3 Å². The number of nitrogens with zero attached hydrogens (tertiary/aromatic N) is 6. The summed E-state index contributed by atoms with van der Waals surface area (Å²) >= 11 is 0. The molecule has 9 heteroatoms. The monoisotopic (exact) mass is 464 g/mol. The van der Waals surface area contributed by atoms with Gasteiger partial charge in [0.25, 0.3) is 0 Å². The number of halogens is 3. The van der Waals surface area contributed by atoms with Gasteiger partial charge in [0.2, 0.25) is 0 Å². The predicted molar refractivity (Wildman–Crippen MR) is 122 cm³/mol. The van der Waals surface area contributed by atoms with E-state index in [4.69, 9.17) is 0 Å². The molecular formula is C25H23F3N6. The van der Waals surface area contributed by atoms with E-state index in [-0.39, 0.29) is 23.5 Å². The number of tetrazole rings is 1. The van der Waals surface area contributed by atoms with Crippen LogP contribution in [0.1, 0.15) is 23.0 Å². The number of rotatable bonds is 6. The highest BCUT2D eigenvalue weighted by Gasteiger charge is 2.30. The predicted octanol–water partition coefficient (Wildman–Crippen LogP) is 4.05. The first-order chi connectivity index (χ1) is 16.6. The average Bonchev–Trinajstić information content (AvgIpc) is 3.30. The second-order valence-electron chi connectivity index (χ2n) is 8.27. The van der Waals surface area contributed by atoms with Crippen LogP contribution in [0.25, 0.3) is 0 Å². The van der Waals surface area contributed by atoms with Gasteiger partial charge in [-0.2, -0.15) is 0 Å². The van der Waals surface area contributed by atoms with Crippen molar-refractivity contribution in [2.75, 3.05) is 31.1 Å². The first-order valence-electron chi connectivity index (χ1n) is 11.1. The zero-order valence-corrected chi connectivity index (χ0v) is 18.4. The number of anilines is 1. The summed E-state index contributed by atoms with van der Waals surface area (Å²) in [7, 11) is 0. The van der Waals surface area contributed by atoms with Crippen molar-refractivity contribution in [1.82, 2.24) is 25.1 Å². The quantitative estimate of drug-likeness (QED) is 0.431. The van der Waals surface area contributed by atoms with E-state index < -0.39 is 0 Å². The van der Waals surface area contributed by atoms with Crippen molar-refractivity contribution in [3.05, 3.63) is 107 Å². The molecule has 0 amide bonds. The fraction of sp³-hybridized carbons (Fsp3) is 0.240. The molecule has 1 aromatic heterocycles. The van der Waals surface area contributed by atoms with E-state index in [2.05, 4.69) is 25.3 Å². The second-order valence-corrected chi connectivity index (χ2v) is 8.27. The largest absolute Gasteiger partial charge is 0.369 e. The second kappa shape index (κ2) is 9.64. The zero-order valence-electron chi connectivity index (χ0n) is 18.4. The Labute approximate surface area is 195 Å². The molecule has 174 valence electrons. The minimum Gasteiger partial charge on any atom is -0.369 e. The molecule has 1 aliphatic rings. The molecule has 0 spiro atoms. The third-order valence-electron chi connectivity index (χ3n) is 6.11. The highest BCUT2D eigenvalue weighted by Crippen LogP contribution is 2.29. The van der Waals surface area contributed by atoms with Gasteiger partial charge in [-0.15, -0.1) is 5.10 Å². The Morgan fingerprint density at radius 1 is 0.706 bits per heavy atom. The number of hydrogen-bond donors (Lipinski definition) is 0. The molecule has 1 saturated heterocycles. The highest BCUT2D eigenvalue weighted by atomic mass is 19.1. The van der Waals surface area contributed by atoms with Crippen molar-refractivity contribution in [2.45, 2.75) is 12.6 Å². The van der Waals surface area contributed by atoms with Gasteiger partial charge in [0.05, 0.1) is 12.6 Å². The van der Waals surface area contributed by atoms with E-state index in [0.717, 1.165) is 29.9 Å². The Bertz CT molecular complexity index is 1220. The minimum absolute atomic E-state index is 0.258. The number of benzene rings is 3. The van der Waals surface area contributed by atoms with Gasteiger partial charge in [-0.25, -0.2) is 17.9 Å². The molecule has 1 atom stereocenters. The fourth-order valence-electron chi connectivity index (χ4n) is 4.34. The van der Waals surface area contributed by atoms with E-state index in [1.807, 2.05) is 0 Å². The Kier molecular flexibility index (Phi) is 6.27. The van der Waals surface area contributed by atoms with E-state index in [9.17, 15) is 13.2 Å². The Morgan fingerprint density at radius 2 is 1.26 bits per heavy atom.